The summed E-state index contributed by atoms with van der Waals surface area (Å²) < 4.78 is 21.8. The lowest BCUT2D eigenvalue weighted by molar-refractivity contribution is 0.0995. The predicted octanol–water partition coefficient (Wildman–Crippen LogP) is 5.01. The van der Waals surface area contributed by atoms with Gasteiger partial charge in [0.25, 0.3) is 5.91 Å². The average molecular weight is 402 g/mol. The molecule has 0 unspecified atom stereocenters. The Labute approximate surface area is 170 Å². The molecule has 4 nitrogen and oxygen atoms in total. The lowest BCUT2D eigenvalue weighted by Crippen LogP contribution is -2.16. The molecule has 3 aromatic carbocycles. The van der Waals surface area contributed by atoms with E-state index in [1.165, 1.54) is 23.5 Å². The summed E-state index contributed by atoms with van der Waals surface area (Å²) in [5.74, 6) is 2.76. The van der Waals surface area contributed by atoms with E-state index < -0.39 is 5.91 Å². The van der Waals surface area contributed by atoms with Crippen LogP contribution >= 0.6 is 11.3 Å². The topological polar surface area (TPSA) is 43.6 Å². The highest BCUT2D eigenvalue weighted by atomic mass is 32.1. The van der Waals surface area contributed by atoms with Gasteiger partial charge in [0.05, 0.1) is 22.3 Å². The fraction of sp³-hybridized carbons (Fsp3) is 0.0435. The first kappa shape index (κ1) is 18.7. The molecule has 1 amide bonds. The molecule has 0 atom stereocenters. The highest BCUT2D eigenvalue weighted by molar-refractivity contribution is 7.16. The van der Waals surface area contributed by atoms with Gasteiger partial charge in [-0.1, -0.05) is 47.6 Å². The maximum atomic E-state index is 13.6. The Morgan fingerprint density at radius 1 is 1.10 bits per heavy atom. The molecule has 0 saturated heterocycles. The van der Waals surface area contributed by atoms with Gasteiger partial charge < -0.3 is 9.30 Å². The van der Waals surface area contributed by atoms with Crippen molar-refractivity contribution in [3.05, 3.63) is 89.0 Å². The molecule has 4 rings (SSSR count). The number of carbonyl (C=O) groups excluding carboxylic acids is 1. The van der Waals surface area contributed by atoms with Crippen LogP contribution in [0.2, 0.25) is 0 Å². The fourth-order valence-electron chi connectivity index (χ4n) is 2.87. The maximum absolute atomic E-state index is 13.6. The number of amides is 1. The first-order valence-electron chi connectivity index (χ1n) is 8.79. The molecule has 29 heavy (non-hydrogen) atoms. The quantitative estimate of drug-likeness (QED) is 0.451. The Morgan fingerprint density at radius 2 is 1.86 bits per heavy atom. The SMILES string of the molecule is C#CCn1c(=NC(=O)c2ccccc2Oc2ccccc2)sc2cc(F)ccc21. The van der Waals surface area contributed by atoms with E-state index >= 15 is 0 Å². The third kappa shape index (κ3) is 3.96. The van der Waals surface area contributed by atoms with Gasteiger partial charge in [0.15, 0.2) is 4.80 Å². The van der Waals surface area contributed by atoms with E-state index in [2.05, 4.69) is 10.9 Å². The summed E-state index contributed by atoms with van der Waals surface area (Å²) in [5.41, 5.74) is 1.06. The van der Waals surface area contributed by atoms with Crippen LogP contribution in [-0.4, -0.2) is 10.5 Å². The van der Waals surface area contributed by atoms with Crippen LogP contribution in [-0.2, 0) is 6.54 Å². The summed E-state index contributed by atoms with van der Waals surface area (Å²) in [7, 11) is 0. The summed E-state index contributed by atoms with van der Waals surface area (Å²) in [6.07, 6.45) is 5.47. The van der Waals surface area contributed by atoms with Crippen LogP contribution < -0.4 is 9.54 Å². The number of ether oxygens (including phenoxy) is 1. The molecule has 0 N–H and O–H groups in total. The number of nitrogens with zero attached hydrogens (tertiary/aromatic N) is 2. The fourth-order valence-corrected chi connectivity index (χ4v) is 3.92. The minimum absolute atomic E-state index is 0.222. The Kier molecular flexibility index (Phi) is 5.23. The molecule has 142 valence electrons. The first-order chi connectivity index (χ1) is 14.2. The molecule has 0 bridgehead atoms. The number of rotatable bonds is 4. The van der Waals surface area contributed by atoms with Crippen molar-refractivity contribution in [1.29, 1.82) is 0 Å². The molecular weight excluding hydrogens is 387 g/mol. The molecule has 1 aromatic heterocycles. The number of benzene rings is 3. The van der Waals surface area contributed by atoms with Crippen molar-refractivity contribution < 1.29 is 13.9 Å². The van der Waals surface area contributed by atoms with Crippen molar-refractivity contribution in [2.24, 2.45) is 4.99 Å². The van der Waals surface area contributed by atoms with Crippen molar-refractivity contribution >= 4 is 27.5 Å². The van der Waals surface area contributed by atoms with E-state index in [1.54, 1.807) is 47.0 Å². The van der Waals surface area contributed by atoms with E-state index in [-0.39, 0.29) is 12.4 Å². The number of para-hydroxylation sites is 2. The molecule has 6 heteroatoms. The summed E-state index contributed by atoms with van der Waals surface area (Å²) in [4.78, 5) is 17.6. The molecule has 0 spiro atoms. The normalized spacial score (nSPS) is 11.4. The molecule has 0 saturated carbocycles. The zero-order valence-corrected chi connectivity index (χ0v) is 16.0. The molecular formula is C23H15FN2O2S. The van der Waals surface area contributed by atoms with E-state index in [0.29, 0.717) is 26.6 Å². The number of fused-ring (bicyclic) bond motifs is 1. The molecule has 4 aromatic rings. The van der Waals surface area contributed by atoms with Gasteiger partial charge in [-0.2, -0.15) is 4.99 Å². The maximum Gasteiger partial charge on any atom is 0.283 e. The largest absolute Gasteiger partial charge is 0.457 e. The van der Waals surface area contributed by atoms with Gasteiger partial charge in [-0.3, -0.25) is 4.79 Å². The summed E-state index contributed by atoms with van der Waals surface area (Å²) in [5, 5.41) is 0. The Hall–Kier alpha value is -3.69. The number of hydrogen-bond donors (Lipinski definition) is 0. The van der Waals surface area contributed by atoms with Crippen LogP contribution in [0.15, 0.2) is 77.8 Å². The molecule has 0 aliphatic rings. The van der Waals surface area contributed by atoms with Crippen LogP contribution in [0.1, 0.15) is 10.4 Å². The Morgan fingerprint density at radius 3 is 2.66 bits per heavy atom. The molecule has 0 radical (unpaired) electrons. The zero-order chi connectivity index (χ0) is 20.2. The first-order valence-corrected chi connectivity index (χ1v) is 9.61. The van der Waals surface area contributed by atoms with Crippen LogP contribution in [0, 0.1) is 18.2 Å². The van der Waals surface area contributed by atoms with Gasteiger partial charge in [-0.05, 0) is 42.5 Å². The van der Waals surface area contributed by atoms with Crippen molar-refractivity contribution in [2.75, 3.05) is 0 Å². The third-order valence-corrected chi connectivity index (χ3v) is 5.22. The van der Waals surface area contributed by atoms with Crippen molar-refractivity contribution in [2.45, 2.75) is 6.54 Å². The molecule has 0 aliphatic carbocycles. The van der Waals surface area contributed by atoms with Gasteiger partial charge in [0.1, 0.15) is 17.3 Å². The Bertz CT molecular complexity index is 1300. The number of halogens is 1. The highest BCUT2D eigenvalue weighted by Gasteiger charge is 2.14. The minimum Gasteiger partial charge on any atom is -0.457 e. The lowest BCUT2D eigenvalue weighted by atomic mass is 10.2. The summed E-state index contributed by atoms with van der Waals surface area (Å²) in [6.45, 7) is 0.222. The van der Waals surface area contributed by atoms with Crippen molar-refractivity contribution in [1.82, 2.24) is 4.57 Å². The number of hydrogen-bond acceptors (Lipinski definition) is 3. The van der Waals surface area contributed by atoms with Crippen molar-refractivity contribution in [3.8, 4) is 23.8 Å². The van der Waals surface area contributed by atoms with E-state index in [0.717, 1.165) is 5.52 Å². The lowest BCUT2D eigenvalue weighted by Gasteiger charge is -2.08. The number of thiazole rings is 1. The van der Waals surface area contributed by atoms with Crippen molar-refractivity contribution in [3.63, 3.8) is 0 Å². The van der Waals surface area contributed by atoms with E-state index in [4.69, 9.17) is 11.2 Å². The van der Waals surface area contributed by atoms with Crippen LogP contribution in [0.5, 0.6) is 11.5 Å². The number of carbonyl (C=O) groups is 1. The van der Waals surface area contributed by atoms with Crippen LogP contribution in [0.25, 0.3) is 10.2 Å². The molecule has 0 aliphatic heterocycles. The highest BCUT2D eigenvalue weighted by Crippen LogP contribution is 2.26. The van der Waals surface area contributed by atoms with Gasteiger partial charge in [0, 0.05) is 0 Å². The van der Waals surface area contributed by atoms with Gasteiger partial charge in [-0.25, -0.2) is 4.39 Å². The molecule has 1 heterocycles. The second-order valence-corrected chi connectivity index (χ2v) is 7.12. The predicted molar refractivity (Wildman–Crippen MR) is 111 cm³/mol. The molecule has 0 fully saturated rings. The zero-order valence-electron chi connectivity index (χ0n) is 15.2. The van der Waals surface area contributed by atoms with E-state index in [9.17, 15) is 9.18 Å². The van der Waals surface area contributed by atoms with Gasteiger partial charge in [0.2, 0.25) is 0 Å². The standard InChI is InChI=1S/C23H15FN2O2S/c1-2-14-26-19-13-12-16(24)15-21(19)29-23(26)25-22(27)18-10-6-7-11-20(18)28-17-8-4-3-5-9-17/h1,3-13,15H,14H2. The average Bonchev–Trinajstić information content (AvgIpc) is 3.05. The summed E-state index contributed by atoms with van der Waals surface area (Å²) in [6, 6.07) is 20.5. The second-order valence-electron chi connectivity index (χ2n) is 6.12. The number of terminal acetylenes is 1. The van der Waals surface area contributed by atoms with Gasteiger partial charge in [-0.15, -0.1) is 6.42 Å². The van der Waals surface area contributed by atoms with E-state index in [1.807, 2.05) is 18.2 Å². The minimum atomic E-state index is -0.464. The number of aromatic nitrogens is 1. The Balaban J connectivity index is 1.78. The smallest absolute Gasteiger partial charge is 0.283 e. The second kappa shape index (κ2) is 8.13. The summed E-state index contributed by atoms with van der Waals surface area (Å²) >= 11 is 1.21. The van der Waals surface area contributed by atoms with Crippen LogP contribution in [0.3, 0.4) is 0 Å². The van der Waals surface area contributed by atoms with Crippen LogP contribution in [0.4, 0.5) is 4.39 Å². The monoisotopic (exact) mass is 402 g/mol. The third-order valence-electron chi connectivity index (χ3n) is 4.18. The van der Waals surface area contributed by atoms with Gasteiger partial charge >= 0.3 is 0 Å².